The van der Waals surface area contributed by atoms with E-state index in [1.54, 1.807) is 0 Å². The lowest BCUT2D eigenvalue weighted by Crippen LogP contribution is -2.33. The Bertz CT molecular complexity index is 850. The van der Waals surface area contributed by atoms with Gasteiger partial charge in [-0.15, -0.1) is 0 Å². The van der Waals surface area contributed by atoms with Crippen LogP contribution in [-0.4, -0.2) is 65.5 Å². The number of imidazole rings is 1. The van der Waals surface area contributed by atoms with E-state index < -0.39 is 36.7 Å². The van der Waals surface area contributed by atoms with Gasteiger partial charge in [0.15, 0.2) is 22.5 Å². The summed E-state index contributed by atoms with van der Waals surface area (Å²) in [4.78, 5) is 22.9. The van der Waals surface area contributed by atoms with E-state index in [0.29, 0.717) is 10.9 Å². The number of aliphatic hydroxyl groups excluding tert-OH is 3. The summed E-state index contributed by atoms with van der Waals surface area (Å²) in [5, 5.41) is 30.0. The highest BCUT2D eigenvalue weighted by atomic mass is 32.2. The fourth-order valence-electron chi connectivity index (χ4n) is 2.62. The molecule has 0 aliphatic carbocycles. The van der Waals surface area contributed by atoms with Gasteiger partial charge in [0.1, 0.15) is 18.3 Å². The summed E-state index contributed by atoms with van der Waals surface area (Å²) in [7, 11) is 0. The molecule has 2 aromatic heterocycles. The number of nitrogens with two attached hydrogens (primary N) is 1. The normalized spacial score (nSPS) is 26.9. The number of allylic oxidation sites excluding steroid dienone is 1. The molecular weight excluding hydrogens is 350 g/mol. The van der Waals surface area contributed by atoms with Crippen LogP contribution in [0.15, 0.2) is 22.1 Å². The molecule has 1 saturated heterocycles. The average Bonchev–Trinajstić information content (AvgIpc) is 3.06. The van der Waals surface area contributed by atoms with Crippen LogP contribution in [0, 0.1) is 0 Å². The third-order valence-corrected chi connectivity index (χ3v) is 4.76. The van der Waals surface area contributed by atoms with E-state index in [0.717, 1.165) is 0 Å². The number of hydrogen-bond donors (Lipinski definition) is 5. The van der Waals surface area contributed by atoms with Crippen molar-refractivity contribution in [1.82, 2.24) is 19.5 Å². The predicted molar refractivity (Wildman–Crippen MR) is 91.1 cm³/mol. The van der Waals surface area contributed by atoms with Crippen LogP contribution < -0.4 is 11.3 Å². The van der Waals surface area contributed by atoms with E-state index >= 15 is 0 Å². The van der Waals surface area contributed by atoms with Gasteiger partial charge in [-0.2, -0.15) is 4.98 Å². The average molecular weight is 369 g/mol. The number of aliphatic hydroxyl groups is 3. The minimum atomic E-state index is -1.32. The Morgan fingerprint density at radius 1 is 1.40 bits per heavy atom. The Morgan fingerprint density at radius 2 is 2.16 bits per heavy atom. The van der Waals surface area contributed by atoms with E-state index in [4.69, 9.17) is 10.5 Å². The molecule has 4 atom stereocenters. The van der Waals surface area contributed by atoms with Crippen molar-refractivity contribution in [2.75, 3.05) is 18.1 Å². The van der Waals surface area contributed by atoms with Gasteiger partial charge in [0, 0.05) is 5.75 Å². The van der Waals surface area contributed by atoms with Crippen LogP contribution in [0.2, 0.25) is 0 Å². The van der Waals surface area contributed by atoms with E-state index in [1.165, 1.54) is 16.3 Å². The van der Waals surface area contributed by atoms with Gasteiger partial charge in [0.05, 0.1) is 6.61 Å². The van der Waals surface area contributed by atoms with Crippen molar-refractivity contribution >= 4 is 28.9 Å². The number of H-pyrrole nitrogens is 1. The maximum atomic E-state index is 12.1. The monoisotopic (exact) mass is 369 g/mol. The van der Waals surface area contributed by atoms with Crippen LogP contribution in [0.3, 0.4) is 0 Å². The molecule has 2 aromatic rings. The van der Waals surface area contributed by atoms with Gasteiger partial charge >= 0.3 is 0 Å². The number of fused-ring (bicyclic) bond motifs is 1. The van der Waals surface area contributed by atoms with Crippen molar-refractivity contribution in [3.63, 3.8) is 0 Å². The minimum absolute atomic E-state index is 0.0508. The van der Waals surface area contributed by atoms with E-state index in [2.05, 4.69) is 15.0 Å². The number of rotatable bonds is 5. The van der Waals surface area contributed by atoms with Crippen LogP contribution in [-0.2, 0) is 4.74 Å². The lowest BCUT2D eigenvalue weighted by atomic mass is 10.1. The Hall–Kier alpha value is -1.92. The Kier molecular flexibility index (Phi) is 5.11. The van der Waals surface area contributed by atoms with E-state index in [1.807, 2.05) is 19.1 Å². The SMILES string of the molecule is CC=CCSc1nc2c(=O)[nH]c(N)nc2n1[C@@H]1O[C@H](CO)[C@@H](O)[C@H]1O. The number of nitrogen functional groups attached to an aromatic ring is 1. The van der Waals surface area contributed by atoms with Gasteiger partial charge < -0.3 is 25.8 Å². The number of ether oxygens (including phenoxy) is 1. The van der Waals surface area contributed by atoms with Crippen LogP contribution in [0.5, 0.6) is 0 Å². The number of aromatic nitrogens is 4. The Morgan fingerprint density at radius 3 is 2.80 bits per heavy atom. The van der Waals surface area contributed by atoms with E-state index in [-0.39, 0.29) is 17.1 Å². The molecular formula is C14H19N5O5S. The van der Waals surface area contributed by atoms with Crippen LogP contribution in [0.25, 0.3) is 11.2 Å². The van der Waals surface area contributed by atoms with Gasteiger partial charge in [-0.3, -0.25) is 14.3 Å². The zero-order valence-corrected chi connectivity index (χ0v) is 14.2. The van der Waals surface area contributed by atoms with Crippen molar-refractivity contribution in [2.45, 2.75) is 36.6 Å². The Labute approximate surface area is 146 Å². The molecule has 1 aliphatic heterocycles. The summed E-state index contributed by atoms with van der Waals surface area (Å²) < 4.78 is 6.99. The highest BCUT2D eigenvalue weighted by Gasteiger charge is 2.45. The molecule has 0 amide bonds. The first-order chi connectivity index (χ1) is 12.0. The second-order valence-electron chi connectivity index (χ2n) is 5.50. The highest BCUT2D eigenvalue weighted by molar-refractivity contribution is 7.99. The zero-order valence-electron chi connectivity index (χ0n) is 13.4. The fourth-order valence-corrected chi connectivity index (χ4v) is 3.55. The summed E-state index contributed by atoms with van der Waals surface area (Å²) in [5.74, 6) is 0.470. The summed E-state index contributed by atoms with van der Waals surface area (Å²) in [6.45, 7) is 1.42. The third kappa shape index (κ3) is 3.16. The number of nitrogens with zero attached hydrogens (tertiary/aromatic N) is 3. The molecule has 0 aromatic carbocycles. The molecule has 10 nitrogen and oxygen atoms in total. The molecule has 3 rings (SSSR count). The number of aromatic amines is 1. The number of thioether (sulfide) groups is 1. The quantitative estimate of drug-likeness (QED) is 0.328. The molecule has 136 valence electrons. The van der Waals surface area contributed by atoms with E-state index in [9.17, 15) is 20.1 Å². The van der Waals surface area contributed by atoms with Gasteiger partial charge in [0.2, 0.25) is 5.95 Å². The molecule has 0 bridgehead atoms. The first-order valence-electron chi connectivity index (χ1n) is 7.62. The standard InChI is InChI=1S/C14H19N5O5S/c1-2-3-4-25-14-16-7-10(17-13(15)18-11(7)23)19(14)12-9(22)8(21)6(5-20)24-12/h2-3,6,8-9,12,20-22H,4-5H2,1H3,(H3,15,17,18,23)/t6-,8-,9-,12-/m1/s1. The molecule has 1 aliphatic rings. The van der Waals surface area contributed by atoms with Crippen molar-refractivity contribution in [3.05, 3.63) is 22.5 Å². The summed E-state index contributed by atoms with van der Waals surface area (Å²) in [5.41, 5.74) is 5.30. The molecule has 0 saturated carbocycles. The smallest absolute Gasteiger partial charge is 0.280 e. The topological polar surface area (TPSA) is 160 Å². The van der Waals surface area contributed by atoms with Crippen molar-refractivity contribution < 1.29 is 20.1 Å². The molecule has 25 heavy (non-hydrogen) atoms. The van der Waals surface area contributed by atoms with Gasteiger partial charge in [0.25, 0.3) is 5.56 Å². The molecule has 0 radical (unpaired) electrons. The van der Waals surface area contributed by atoms with Gasteiger partial charge in [-0.25, -0.2) is 4.98 Å². The highest BCUT2D eigenvalue weighted by Crippen LogP contribution is 2.35. The summed E-state index contributed by atoms with van der Waals surface area (Å²) in [6, 6.07) is 0. The van der Waals surface area contributed by atoms with Crippen molar-refractivity contribution in [1.29, 1.82) is 0 Å². The zero-order chi connectivity index (χ0) is 18.1. The van der Waals surface area contributed by atoms with Crippen LogP contribution >= 0.6 is 11.8 Å². The van der Waals surface area contributed by atoms with Crippen LogP contribution in [0.1, 0.15) is 13.2 Å². The van der Waals surface area contributed by atoms with Crippen molar-refractivity contribution in [2.24, 2.45) is 0 Å². The minimum Gasteiger partial charge on any atom is -0.394 e. The molecule has 0 unspecified atom stereocenters. The summed E-state index contributed by atoms with van der Waals surface area (Å²) >= 11 is 1.31. The lowest BCUT2D eigenvalue weighted by Gasteiger charge is -2.18. The van der Waals surface area contributed by atoms with Crippen LogP contribution in [0.4, 0.5) is 5.95 Å². The Balaban J connectivity index is 2.13. The molecule has 6 N–H and O–H groups in total. The number of nitrogens with one attached hydrogen (secondary N) is 1. The predicted octanol–water partition coefficient (Wildman–Crippen LogP) is -1.02. The second-order valence-corrected chi connectivity index (χ2v) is 6.48. The largest absolute Gasteiger partial charge is 0.394 e. The molecule has 0 spiro atoms. The number of hydrogen-bond acceptors (Lipinski definition) is 9. The van der Waals surface area contributed by atoms with Gasteiger partial charge in [-0.05, 0) is 6.92 Å². The maximum Gasteiger partial charge on any atom is 0.280 e. The maximum absolute atomic E-state index is 12.1. The first kappa shape index (κ1) is 17.9. The second kappa shape index (κ2) is 7.14. The molecule has 1 fully saturated rings. The fraction of sp³-hybridized carbons (Fsp3) is 0.500. The summed E-state index contributed by atoms with van der Waals surface area (Å²) in [6.07, 6.45) is -0.838. The van der Waals surface area contributed by atoms with Crippen molar-refractivity contribution in [3.8, 4) is 0 Å². The molecule has 3 heterocycles. The van der Waals surface area contributed by atoms with Gasteiger partial charge in [-0.1, -0.05) is 23.9 Å². The first-order valence-corrected chi connectivity index (χ1v) is 8.60. The third-order valence-electron chi connectivity index (χ3n) is 3.85. The molecule has 11 heteroatoms. The number of anilines is 1. The lowest BCUT2D eigenvalue weighted by molar-refractivity contribution is -0.0548.